The molecule has 118 valence electrons. The molecule has 1 aromatic rings. The first-order chi connectivity index (χ1) is 9.75. The Labute approximate surface area is 129 Å². The summed E-state index contributed by atoms with van der Waals surface area (Å²) in [7, 11) is -2.91. The molecule has 0 aromatic carbocycles. The molecule has 21 heavy (non-hydrogen) atoms. The van der Waals surface area contributed by atoms with Crippen molar-refractivity contribution in [2.24, 2.45) is 0 Å². The van der Waals surface area contributed by atoms with Gasteiger partial charge < -0.3 is 5.32 Å². The van der Waals surface area contributed by atoms with Crippen LogP contribution < -0.4 is 10.2 Å². The van der Waals surface area contributed by atoms with Crippen LogP contribution in [0.15, 0.2) is 5.38 Å². The molecule has 1 unspecified atom stereocenters. The Morgan fingerprint density at radius 2 is 2.29 bits per heavy atom. The van der Waals surface area contributed by atoms with Crippen molar-refractivity contribution in [3.05, 3.63) is 11.1 Å². The highest BCUT2D eigenvalue weighted by Crippen LogP contribution is 2.25. The van der Waals surface area contributed by atoms with Crippen LogP contribution in [0.5, 0.6) is 0 Å². The lowest BCUT2D eigenvalue weighted by Crippen LogP contribution is -2.42. The molecule has 0 saturated carbocycles. The number of sulfone groups is 1. The molecular weight excluding hydrogens is 310 g/mol. The molecule has 1 N–H and O–H groups in total. The molecule has 1 amide bonds. The summed E-state index contributed by atoms with van der Waals surface area (Å²) in [5.41, 5.74) is 0.452. The molecule has 1 aliphatic heterocycles. The molecule has 1 aromatic heterocycles. The van der Waals surface area contributed by atoms with Crippen molar-refractivity contribution in [2.75, 3.05) is 23.0 Å². The summed E-state index contributed by atoms with van der Waals surface area (Å²) in [5, 5.41) is 5.88. The fourth-order valence-electron chi connectivity index (χ4n) is 2.45. The quantitative estimate of drug-likeness (QED) is 0.876. The number of hydrogen-bond acceptors (Lipinski definition) is 6. The molecule has 1 saturated heterocycles. The van der Waals surface area contributed by atoms with Gasteiger partial charge in [0.25, 0.3) is 0 Å². The number of aromatic nitrogens is 1. The minimum atomic E-state index is -2.91. The zero-order chi connectivity index (χ0) is 15.7. The average molecular weight is 331 g/mol. The maximum absolute atomic E-state index is 11.6. The third kappa shape index (κ3) is 4.02. The summed E-state index contributed by atoms with van der Waals surface area (Å²) in [6.07, 6.45) is 0.626. The van der Waals surface area contributed by atoms with E-state index in [-0.39, 0.29) is 23.0 Å². The predicted molar refractivity (Wildman–Crippen MR) is 84.3 cm³/mol. The van der Waals surface area contributed by atoms with Gasteiger partial charge in [0, 0.05) is 30.9 Å². The molecule has 0 radical (unpaired) electrons. The molecule has 8 heteroatoms. The second-order valence-corrected chi connectivity index (χ2v) is 8.66. The predicted octanol–water partition coefficient (Wildman–Crippen LogP) is 1.18. The molecule has 2 heterocycles. The Morgan fingerprint density at radius 3 is 2.81 bits per heavy atom. The van der Waals surface area contributed by atoms with Crippen molar-refractivity contribution in [2.45, 2.75) is 39.3 Å². The number of thiazole rings is 1. The first kappa shape index (κ1) is 16.4. The number of hydrogen-bond donors (Lipinski definition) is 1. The smallest absolute Gasteiger partial charge is 0.225 e. The van der Waals surface area contributed by atoms with Crippen molar-refractivity contribution in [1.82, 2.24) is 10.3 Å². The lowest BCUT2D eigenvalue weighted by Gasteiger charge is -2.23. The van der Waals surface area contributed by atoms with Crippen molar-refractivity contribution in [1.29, 1.82) is 0 Å². The van der Waals surface area contributed by atoms with Crippen molar-refractivity contribution < 1.29 is 13.2 Å². The highest BCUT2D eigenvalue weighted by atomic mass is 32.2. The fraction of sp³-hybridized carbons (Fsp3) is 0.692. The topological polar surface area (TPSA) is 79.4 Å². The summed E-state index contributed by atoms with van der Waals surface area (Å²) >= 11 is 1.43. The standard InChI is InChI=1S/C13H21N3O3S2/c1-4-16(10(2)17)12-15-11(8-20-12)7-14-13(3)5-6-21(18,19)9-13/h8,14H,4-7,9H2,1-3H3. The van der Waals surface area contributed by atoms with E-state index in [2.05, 4.69) is 10.3 Å². The molecule has 1 aliphatic rings. The van der Waals surface area contributed by atoms with Gasteiger partial charge in [-0.15, -0.1) is 11.3 Å². The minimum absolute atomic E-state index is 0.0276. The third-order valence-electron chi connectivity index (χ3n) is 3.67. The van der Waals surface area contributed by atoms with Gasteiger partial charge in [-0.25, -0.2) is 13.4 Å². The summed E-state index contributed by atoms with van der Waals surface area (Å²) in [4.78, 5) is 17.5. The van der Waals surface area contributed by atoms with E-state index in [1.165, 1.54) is 18.3 Å². The Kier molecular flexibility index (Phi) is 4.69. The molecule has 0 bridgehead atoms. The fourth-order valence-corrected chi connectivity index (χ4v) is 5.50. The number of nitrogens with zero attached hydrogens (tertiary/aromatic N) is 2. The number of carbonyl (C=O) groups excluding carboxylic acids is 1. The molecule has 1 atom stereocenters. The highest BCUT2D eigenvalue weighted by Gasteiger charge is 2.37. The van der Waals surface area contributed by atoms with Crippen LogP contribution in [0.1, 0.15) is 32.9 Å². The Balaban J connectivity index is 1.99. The van der Waals surface area contributed by atoms with Crippen LogP contribution in [0.3, 0.4) is 0 Å². The van der Waals surface area contributed by atoms with Gasteiger partial charge in [-0.1, -0.05) is 0 Å². The van der Waals surface area contributed by atoms with Gasteiger partial charge in [0.05, 0.1) is 17.2 Å². The van der Waals surface area contributed by atoms with E-state index in [4.69, 9.17) is 0 Å². The molecule has 0 aliphatic carbocycles. The van der Waals surface area contributed by atoms with Gasteiger partial charge in [-0.05, 0) is 20.3 Å². The summed E-state index contributed by atoms with van der Waals surface area (Å²) in [6, 6.07) is 0. The summed E-state index contributed by atoms with van der Waals surface area (Å²) < 4.78 is 23.1. The summed E-state index contributed by atoms with van der Waals surface area (Å²) in [5.74, 6) is 0.387. The second kappa shape index (κ2) is 6.02. The second-order valence-electron chi connectivity index (χ2n) is 5.64. The largest absolute Gasteiger partial charge is 0.305 e. The molecule has 1 fully saturated rings. The van der Waals surface area contributed by atoms with Gasteiger partial charge in [-0.3, -0.25) is 9.69 Å². The average Bonchev–Trinajstić information content (AvgIpc) is 2.93. The number of carbonyl (C=O) groups is 1. The van der Waals surface area contributed by atoms with E-state index in [1.807, 2.05) is 19.2 Å². The minimum Gasteiger partial charge on any atom is -0.305 e. The van der Waals surface area contributed by atoms with Crippen LogP contribution in [0.2, 0.25) is 0 Å². The van der Waals surface area contributed by atoms with Gasteiger partial charge in [0.1, 0.15) is 0 Å². The number of anilines is 1. The maximum Gasteiger partial charge on any atom is 0.225 e. The van der Waals surface area contributed by atoms with Gasteiger partial charge in [0.15, 0.2) is 15.0 Å². The van der Waals surface area contributed by atoms with Gasteiger partial charge in [0.2, 0.25) is 5.91 Å². The SMILES string of the molecule is CCN(C(C)=O)c1nc(CNC2(C)CCS(=O)(=O)C2)cs1. The molecular formula is C13H21N3O3S2. The van der Waals surface area contributed by atoms with Gasteiger partial charge >= 0.3 is 0 Å². The molecule has 2 rings (SSSR count). The van der Waals surface area contributed by atoms with Crippen LogP contribution in [0.25, 0.3) is 0 Å². The van der Waals surface area contributed by atoms with E-state index in [9.17, 15) is 13.2 Å². The van der Waals surface area contributed by atoms with Crippen molar-refractivity contribution in [3.8, 4) is 0 Å². The zero-order valence-corrected chi connectivity index (χ0v) is 14.2. The van der Waals surface area contributed by atoms with Crippen LogP contribution in [-0.4, -0.2) is 42.9 Å². The third-order valence-corrected chi connectivity index (χ3v) is 6.48. The van der Waals surface area contributed by atoms with E-state index in [1.54, 1.807) is 4.90 Å². The van der Waals surface area contributed by atoms with E-state index in [0.29, 0.717) is 24.6 Å². The highest BCUT2D eigenvalue weighted by molar-refractivity contribution is 7.91. The molecule has 6 nitrogen and oxygen atoms in total. The van der Waals surface area contributed by atoms with Crippen LogP contribution in [0, 0.1) is 0 Å². The first-order valence-electron chi connectivity index (χ1n) is 6.93. The Bertz CT molecular complexity index is 626. The van der Waals surface area contributed by atoms with E-state index < -0.39 is 9.84 Å². The zero-order valence-electron chi connectivity index (χ0n) is 12.5. The normalized spacial score (nSPS) is 24.1. The van der Waals surface area contributed by atoms with Crippen molar-refractivity contribution >= 4 is 32.2 Å². The van der Waals surface area contributed by atoms with Crippen LogP contribution in [0.4, 0.5) is 5.13 Å². The lowest BCUT2D eigenvalue weighted by atomic mass is 10.0. The van der Waals surface area contributed by atoms with Crippen LogP contribution >= 0.6 is 11.3 Å². The van der Waals surface area contributed by atoms with Crippen molar-refractivity contribution in [3.63, 3.8) is 0 Å². The number of rotatable bonds is 5. The Morgan fingerprint density at radius 1 is 1.57 bits per heavy atom. The first-order valence-corrected chi connectivity index (χ1v) is 9.63. The van der Waals surface area contributed by atoms with E-state index in [0.717, 1.165) is 5.69 Å². The maximum atomic E-state index is 11.6. The number of nitrogens with one attached hydrogen (secondary N) is 1. The van der Waals surface area contributed by atoms with Crippen LogP contribution in [-0.2, 0) is 21.2 Å². The molecule has 0 spiro atoms. The Hall–Kier alpha value is -0.990. The lowest BCUT2D eigenvalue weighted by molar-refractivity contribution is -0.116. The van der Waals surface area contributed by atoms with Gasteiger partial charge in [-0.2, -0.15) is 0 Å². The monoisotopic (exact) mass is 331 g/mol. The number of amides is 1. The summed E-state index contributed by atoms with van der Waals surface area (Å²) in [6.45, 7) is 6.46. The van der Waals surface area contributed by atoms with E-state index >= 15 is 0 Å².